The van der Waals surface area contributed by atoms with Crippen molar-refractivity contribution in [3.05, 3.63) is 53.5 Å². The van der Waals surface area contributed by atoms with E-state index in [-0.39, 0.29) is 24.0 Å². The number of ether oxygens (including phenoxy) is 1. The minimum atomic E-state index is -0.654. The second-order valence-corrected chi connectivity index (χ2v) is 5.38. The number of aliphatic hydroxyl groups excluding tert-OH is 1. The fraction of sp³-hybridized carbons (Fsp3) is 0.312. The molecule has 6 nitrogen and oxygen atoms in total. The van der Waals surface area contributed by atoms with Gasteiger partial charge < -0.3 is 14.7 Å². The molecule has 120 valence electrons. The van der Waals surface area contributed by atoms with Crippen LogP contribution in [-0.2, 0) is 0 Å². The van der Waals surface area contributed by atoms with Crippen LogP contribution in [0, 0.1) is 5.82 Å². The molecule has 2 heterocycles. The number of carbonyl (C=O) groups excluding carboxylic acids is 1. The zero-order valence-corrected chi connectivity index (χ0v) is 12.5. The number of benzene rings is 1. The normalized spacial score (nSPS) is 20.6. The Hall–Kier alpha value is -2.54. The van der Waals surface area contributed by atoms with Crippen molar-refractivity contribution in [1.82, 2.24) is 15.1 Å². The molecule has 0 spiro atoms. The molecule has 1 aliphatic heterocycles. The van der Waals surface area contributed by atoms with Crippen molar-refractivity contribution >= 4 is 5.91 Å². The van der Waals surface area contributed by atoms with E-state index in [0.29, 0.717) is 17.9 Å². The quantitative estimate of drug-likeness (QED) is 0.930. The summed E-state index contributed by atoms with van der Waals surface area (Å²) in [4.78, 5) is 14.1. The van der Waals surface area contributed by atoms with Gasteiger partial charge in [0, 0.05) is 12.6 Å². The van der Waals surface area contributed by atoms with Gasteiger partial charge in [-0.3, -0.25) is 4.79 Å². The van der Waals surface area contributed by atoms with Crippen molar-refractivity contribution in [3.8, 4) is 5.88 Å². The van der Waals surface area contributed by atoms with Crippen molar-refractivity contribution < 1.29 is 19.0 Å². The molecule has 3 rings (SSSR count). The van der Waals surface area contributed by atoms with Crippen LogP contribution >= 0.6 is 0 Å². The van der Waals surface area contributed by atoms with Crippen LogP contribution in [0.2, 0.25) is 0 Å². The van der Waals surface area contributed by atoms with Crippen LogP contribution < -0.4 is 4.74 Å². The van der Waals surface area contributed by atoms with Gasteiger partial charge in [0.15, 0.2) is 5.69 Å². The second kappa shape index (κ2) is 6.29. The van der Waals surface area contributed by atoms with Gasteiger partial charge in [-0.25, -0.2) is 4.39 Å². The van der Waals surface area contributed by atoms with Crippen LogP contribution in [0.4, 0.5) is 4.39 Å². The Morgan fingerprint density at radius 2 is 2.17 bits per heavy atom. The van der Waals surface area contributed by atoms with Gasteiger partial charge >= 0.3 is 0 Å². The first kappa shape index (κ1) is 15.4. The molecule has 0 radical (unpaired) electrons. The molecule has 1 amide bonds. The molecule has 1 aliphatic rings. The number of halogens is 1. The molecule has 7 heteroatoms. The van der Waals surface area contributed by atoms with E-state index >= 15 is 0 Å². The molecule has 0 aliphatic carbocycles. The van der Waals surface area contributed by atoms with E-state index in [1.165, 1.54) is 30.2 Å². The lowest BCUT2D eigenvalue weighted by Gasteiger charge is -2.24. The number of likely N-dealkylation sites (tertiary alicyclic amines) is 1. The summed E-state index contributed by atoms with van der Waals surface area (Å²) in [5.41, 5.74) is 0.803. The molecule has 2 atom stereocenters. The smallest absolute Gasteiger partial charge is 0.274 e. The third-order valence-electron chi connectivity index (χ3n) is 3.84. The van der Waals surface area contributed by atoms with Crippen LogP contribution in [0.5, 0.6) is 5.88 Å². The molecule has 23 heavy (non-hydrogen) atoms. The third kappa shape index (κ3) is 3.14. The summed E-state index contributed by atoms with van der Waals surface area (Å²) in [7, 11) is 1.46. The van der Waals surface area contributed by atoms with Crippen molar-refractivity contribution in [2.75, 3.05) is 13.7 Å². The Kier molecular flexibility index (Phi) is 4.20. The molecular formula is C16H16FN3O3. The predicted molar refractivity (Wildman–Crippen MR) is 79.4 cm³/mol. The highest BCUT2D eigenvalue weighted by atomic mass is 19.1. The van der Waals surface area contributed by atoms with Gasteiger partial charge in [0.05, 0.1) is 19.3 Å². The highest BCUT2D eigenvalue weighted by molar-refractivity contribution is 5.92. The lowest BCUT2D eigenvalue weighted by Crippen LogP contribution is -2.32. The van der Waals surface area contributed by atoms with Gasteiger partial charge in [0.1, 0.15) is 5.82 Å². The number of nitrogens with zero attached hydrogens (tertiary/aromatic N) is 3. The number of aliphatic hydroxyl groups is 1. The van der Waals surface area contributed by atoms with Gasteiger partial charge in [-0.15, -0.1) is 10.2 Å². The summed E-state index contributed by atoms with van der Waals surface area (Å²) in [6.07, 6.45) is -0.294. The summed E-state index contributed by atoms with van der Waals surface area (Å²) in [6, 6.07) is 8.72. The topological polar surface area (TPSA) is 75.5 Å². The van der Waals surface area contributed by atoms with E-state index in [0.717, 1.165) is 0 Å². The molecule has 1 aromatic heterocycles. The average molecular weight is 317 g/mol. The van der Waals surface area contributed by atoms with Crippen LogP contribution in [0.1, 0.15) is 28.5 Å². The van der Waals surface area contributed by atoms with Crippen LogP contribution in [-0.4, -0.2) is 45.9 Å². The highest BCUT2D eigenvalue weighted by Crippen LogP contribution is 2.33. The van der Waals surface area contributed by atoms with E-state index in [1.807, 2.05) is 0 Å². The zero-order valence-electron chi connectivity index (χ0n) is 12.5. The molecule has 0 bridgehead atoms. The first-order valence-electron chi connectivity index (χ1n) is 7.20. The highest BCUT2D eigenvalue weighted by Gasteiger charge is 2.36. The Morgan fingerprint density at radius 1 is 1.35 bits per heavy atom. The van der Waals surface area contributed by atoms with Crippen LogP contribution in [0.3, 0.4) is 0 Å². The fourth-order valence-corrected chi connectivity index (χ4v) is 2.76. The minimum Gasteiger partial charge on any atom is -0.480 e. The first-order chi connectivity index (χ1) is 11.1. The van der Waals surface area contributed by atoms with Crippen molar-refractivity contribution in [1.29, 1.82) is 0 Å². The molecule has 2 aromatic rings. The first-order valence-corrected chi connectivity index (χ1v) is 7.20. The van der Waals surface area contributed by atoms with Crippen molar-refractivity contribution in [2.45, 2.75) is 18.6 Å². The molecule has 1 aromatic carbocycles. The molecule has 1 saturated heterocycles. The Balaban J connectivity index is 1.87. The molecule has 0 saturated carbocycles. The van der Waals surface area contributed by atoms with E-state index in [2.05, 4.69) is 10.2 Å². The Labute approximate surface area is 132 Å². The number of hydrogen-bond donors (Lipinski definition) is 1. The van der Waals surface area contributed by atoms with Gasteiger partial charge in [0.2, 0.25) is 5.88 Å². The van der Waals surface area contributed by atoms with Gasteiger partial charge in [-0.2, -0.15) is 0 Å². The monoisotopic (exact) mass is 317 g/mol. The molecule has 0 unspecified atom stereocenters. The number of aromatic nitrogens is 2. The lowest BCUT2D eigenvalue weighted by molar-refractivity contribution is 0.0708. The number of rotatable bonds is 3. The van der Waals surface area contributed by atoms with Crippen LogP contribution in [0.15, 0.2) is 36.4 Å². The number of methoxy groups -OCH3 is 1. The number of carbonyl (C=O) groups is 1. The van der Waals surface area contributed by atoms with Crippen LogP contribution in [0.25, 0.3) is 0 Å². The summed E-state index contributed by atoms with van der Waals surface area (Å²) in [6.45, 7) is 0.174. The molecule has 1 fully saturated rings. The maximum atomic E-state index is 13.5. The van der Waals surface area contributed by atoms with E-state index in [1.54, 1.807) is 18.2 Å². The number of β-amino-alcohol motifs (C(OH)–C–C–N with tert-alkyl or cyclic N) is 1. The molecular weight excluding hydrogens is 301 g/mol. The largest absolute Gasteiger partial charge is 0.480 e. The number of amides is 1. The zero-order chi connectivity index (χ0) is 16.4. The minimum absolute atomic E-state index is 0.154. The standard InChI is InChI=1S/C16H16FN3O3/c1-23-15-6-5-13(18-19-15)16(22)20-9-12(21)8-14(20)10-3-2-4-11(17)7-10/h2-7,12,14,21H,8-9H2,1H3/t12-,14-/m1/s1. The summed E-state index contributed by atoms with van der Waals surface area (Å²) >= 11 is 0. The predicted octanol–water partition coefficient (Wildman–Crippen LogP) is 1.57. The summed E-state index contributed by atoms with van der Waals surface area (Å²) in [5, 5.41) is 17.6. The summed E-state index contributed by atoms with van der Waals surface area (Å²) in [5.74, 6) is -0.420. The van der Waals surface area contributed by atoms with Crippen molar-refractivity contribution in [3.63, 3.8) is 0 Å². The average Bonchev–Trinajstić information content (AvgIpc) is 2.96. The summed E-state index contributed by atoms with van der Waals surface area (Å²) < 4.78 is 18.4. The Bertz CT molecular complexity index is 708. The Morgan fingerprint density at radius 3 is 2.83 bits per heavy atom. The second-order valence-electron chi connectivity index (χ2n) is 5.38. The molecule has 1 N–H and O–H groups in total. The lowest BCUT2D eigenvalue weighted by atomic mass is 10.0. The van der Waals surface area contributed by atoms with E-state index in [9.17, 15) is 14.3 Å². The van der Waals surface area contributed by atoms with Gasteiger partial charge in [-0.1, -0.05) is 12.1 Å². The number of hydrogen-bond acceptors (Lipinski definition) is 5. The van der Waals surface area contributed by atoms with Gasteiger partial charge in [-0.05, 0) is 30.2 Å². The van der Waals surface area contributed by atoms with Crippen molar-refractivity contribution in [2.24, 2.45) is 0 Å². The maximum Gasteiger partial charge on any atom is 0.274 e. The fourth-order valence-electron chi connectivity index (χ4n) is 2.76. The maximum absolute atomic E-state index is 13.5. The third-order valence-corrected chi connectivity index (χ3v) is 3.84. The SMILES string of the molecule is COc1ccc(C(=O)N2C[C@H](O)C[C@@H]2c2cccc(F)c2)nn1. The van der Waals surface area contributed by atoms with E-state index in [4.69, 9.17) is 4.74 Å². The van der Waals surface area contributed by atoms with E-state index < -0.39 is 12.1 Å². The van der Waals surface area contributed by atoms with Gasteiger partial charge in [0.25, 0.3) is 5.91 Å².